The number of hydrogen-bond acceptors (Lipinski definition) is 1. The minimum atomic E-state index is 0.293. The number of nitrogens with two attached hydrogens (primary N) is 1. The summed E-state index contributed by atoms with van der Waals surface area (Å²) in [6, 6.07) is 19.3. The van der Waals surface area contributed by atoms with E-state index in [0.29, 0.717) is 17.9 Å². The van der Waals surface area contributed by atoms with Gasteiger partial charge in [0.25, 0.3) is 0 Å². The molecule has 3 rings (SSSR count). The molecule has 2 N–H and O–H groups in total. The molecule has 0 saturated heterocycles. The van der Waals surface area contributed by atoms with Crippen molar-refractivity contribution in [2.75, 3.05) is 0 Å². The predicted molar refractivity (Wildman–Crippen MR) is 89.7 cm³/mol. The van der Waals surface area contributed by atoms with Gasteiger partial charge in [0, 0.05) is 11.1 Å². The van der Waals surface area contributed by atoms with E-state index in [9.17, 15) is 0 Å². The molecule has 1 aliphatic carbocycles. The van der Waals surface area contributed by atoms with Crippen LogP contribution >= 0.6 is 11.6 Å². The van der Waals surface area contributed by atoms with Crippen LogP contribution in [0.15, 0.2) is 54.6 Å². The maximum atomic E-state index is 6.37. The SMILES string of the molecule is NC1CCC(c2ccccc2)CC1Cc1ccccc1Cl. The van der Waals surface area contributed by atoms with Gasteiger partial charge in [-0.05, 0) is 54.7 Å². The summed E-state index contributed by atoms with van der Waals surface area (Å²) in [5.74, 6) is 1.15. The monoisotopic (exact) mass is 299 g/mol. The normalized spacial score (nSPS) is 25.7. The molecule has 1 aliphatic rings. The van der Waals surface area contributed by atoms with E-state index < -0.39 is 0 Å². The zero-order valence-corrected chi connectivity index (χ0v) is 13.0. The van der Waals surface area contributed by atoms with Gasteiger partial charge in [-0.15, -0.1) is 0 Å². The summed E-state index contributed by atoms with van der Waals surface area (Å²) in [6.07, 6.45) is 4.46. The first-order valence-electron chi connectivity index (χ1n) is 7.78. The van der Waals surface area contributed by atoms with E-state index in [-0.39, 0.29) is 0 Å². The third-order valence-corrected chi connectivity index (χ3v) is 5.12. The highest BCUT2D eigenvalue weighted by molar-refractivity contribution is 6.31. The Labute approximate surface area is 132 Å². The summed E-state index contributed by atoms with van der Waals surface area (Å²) >= 11 is 6.30. The molecule has 1 fully saturated rings. The lowest BCUT2D eigenvalue weighted by molar-refractivity contribution is 0.277. The summed E-state index contributed by atoms with van der Waals surface area (Å²) in [5, 5.41) is 0.867. The van der Waals surface area contributed by atoms with Gasteiger partial charge in [0.05, 0.1) is 0 Å². The fourth-order valence-electron chi connectivity index (χ4n) is 3.50. The van der Waals surface area contributed by atoms with Crippen LogP contribution in [0.1, 0.15) is 36.3 Å². The molecule has 110 valence electrons. The summed E-state index contributed by atoms with van der Waals surface area (Å²) in [6.45, 7) is 0. The van der Waals surface area contributed by atoms with Crippen LogP contribution in [-0.4, -0.2) is 6.04 Å². The van der Waals surface area contributed by atoms with Crippen molar-refractivity contribution in [3.05, 3.63) is 70.7 Å². The molecular weight excluding hydrogens is 278 g/mol. The van der Waals surface area contributed by atoms with Crippen molar-refractivity contribution in [1.82, 2.24) is 0 Å². The number of benzene rings is 2. The molecule has 0 spiro atoms. The number of halogens is 1. The Morgan fingerprint density at radius 3 is 2.43 bits per heavy atom. The van der Waals surface area contributed by atoms with Gasteiger partial charge in [0.2, 0.25) is 0 Å². The van der Waals surface area contributed by atoms with Gasteiger partial charge in [0.1, 0.15) is 0 Å². The molecule has 1 nitrogen and oxygen atoms in total. The highest BCUT2D eigenvalue weighted by Crippen LogP contribution is 2.37. The maximum absolute atomic E-state index is 6.37. The second-order valence-corrected chi connectivity index (χ2v) is 6.55. The zero-order chi connectivity index (χ0) is 14.7. The van der Waals surface area contributed by atoms with E-state index in [1.54, 1.807) is 0 Å². The molecule has 0 amide bonds. The lowest BCUT2D eigenvalue weighted by Crippen LogP contribution is -2.36. The van der Waals surface area contributed by atoms with Gasteiger partial charge in [-0.25, -0.2) is 0 Å². The highest BCUT2D eigenvalue weighted by atomic mass is 35.5. The molecule has 21 heavy (non-hydrogen) atoms. The quantitative estimate of drug-likeness (QED) is 0.866. The van der Waals surface area contributed by atoms with Gasteiger partial charge >= 0.3 is 0 Å². The third-order valence-electron chi connectivity index (χ3n) is 4.75. The second kappa shape index (κ2) is 6.64. The first-order valence-corrected chi connectivity index (χ1v) is 8.16. The summed E-state index contributed by atoms with van der Waals surface area (Å²) in [7, 11) is 0. The van der Waals surface area contributed by atoms with Crippen LogP contribution in [0.25, 0.3) is 0 Å². The molecule has 1 saturated carbocycles. The zero-order valence-electron chi connectivity index (χ0n) is 12.2. The van der Waals surface area contributed by atoms with Crippen LogP contribution in [-0.2, 0) is 6.42 Å². The van der Waals surface area contributed by atoms with E-state index in [4.69, 9.17) is 17.3 Å². The Morgan fingerprint density at radius 1 is 0.952 bits per heavy atom. The van der Waals surface area contributed by atoms with Crippen LogP contribution in [0.2, 0.25) is 5.02 Å². The van der Waals surface area contributed by atoms with Crippen molar-refractivity contribution >= 4 is 11.6 Å². The van der Waals surface area contributed by atoms with Crippen molar-refractivity contribution < 1.29 is 0 Å². The lowest BCUT2D eigenvalue weighted by atomic mass is 9.73. The third kappa shape index (κ3) is 3.48. The van der Waals surface area contributed by atoms with Crippen molar-refractivity contribution in [3.63, 3.8) is 0 Å². The molecule has 0 bridgehead atoms. The lowest BCUT2D eigenvalue weighted by Gasteiger charge is -2.34. The van der Waals surface area contributed by atoms with Crippen LogP contribution in [0.4, 0.5) is 0 Å². The highest BCUT2D eigenvalue weighted by Gasteiger charge is 2.29. The molecule has 2 aromatic rings. The summed E-state index contributed by atoms with van der Waals surface area (Å²) < 4.78 is 0. The van der Waals surface area contributed by atoms with Crippen molar-refractivity contribution in [2.45, 2.75) is 37.6 Å². The molecule has 3 atom stereocenters. The number of rotatable bonds is 3. The summed E-state index contributed by atoms with van der Waals surface area (Å²) in [5.41, 5.74) is 9.06. The van der Waals surface area contributed by atoms with Gasteiger partial charge < -0.3 is 5.73 Å². The van der Waals surface area contributed by atoms with Crippen LogP contribution < -0.4 is 5.73 Å². The molecule has 2 aromatic carbocycles. The van der Waals surface area contributed by atoms with Crippen molar-refractivity contribution in [1.29, 1.82) is 0 Å². The molecule has 0 radical (unpaired) electrons. The first-order chi connectivity index (χ1) is 10.2. The van der Waals surface area contributed by atoms with Crippen LogP contribution in [0.3, 0.4) is 0 Å². The Bertz CT molecular complexity index is 581. The van der Waals surface area contributed by atoms with E-state index in [1.165, 1.54) is 17.5 Å². The Morgan fingerprint density at radius 2 is 1.67 bits per heavy atom. The smallest absolute Gasteiger partial charge is 0.0438 e. The second-order valence-electron chi connectivity index (χ2n) is 6.14. The molecule has 0 aliphatic heterocycles. The fraction of sp³-hybridized carbons (Fsp3) is 0.368. The average Bonchev–Trinajstić information content (AvgIpc) is 2.52. The van der Waals surface area contributed by atoms with Gasteiger partial charge in [-0.2, -0.15) is 0 Å². The maximum Gasteiger partial charge on any atom is 0.0438 e. The van der Waals surface area contributed by atoms with Crippen molar-refractivity contribution in [2.24, 2.45) is 11.7 Å². The van der Waals surface area contributed by atoms with Gasteiger partial charge in [-0.1, -0.05) is 60.1 Å². The molecular formula is C19H22ClN. The Kier molecular flexibility index (Phi) is 4.62. The first kappa shape index (κ1) is 14.6. The van der Waals surface area contributed by atoms with Gasteiger partial charge in [-0.3, -0.25) is 0 Å². The largest absolute Gasteiger partial charge is 0.327 e. The molecule has 0 aromatic heterocycles. The topological polar surface area (TPSA) is 26.0 Å². The van der Waals surface area contributed by atoms with E-state index >= 15 is 0 Å². The molecule has 2 heteroatoms. The molecule has 0 heterocycles. The summed E-state index contributed by atoms with van der Waals surface area (Å²) in [4.78, 5) is 0. The van der Waals surface area contributed by atoms with E-state index in [2.05, 4.69) is 42.5 Å². The predicted octanol–water partition coefficient (Wildman–Crippen LogP) is 4.79. The van der Waals surface area contributed by atoms with Crippen LogP contribution in [0.5, 0.6) is 0 Å². The van der Waals surface area contributed by atoms with Crippen molar-refractivity contribution in [3.8, 4) is 0 Å². The Hall–Kier alpha value is -1.31. The average molecular weight is 300 g/mol. The Balaban J connectivity index is 1.74. The van der Waals surface area contributed by atoms with Crippen LogP contribution in [0, 0.1) is 5.92 Å². The standard InChI is InChI=1S/C19H22ClN/c20-18-9-5-4-8-16(18)13-17-12-15(10-11-19(17)21)14-6-2-1-3-7-14/h1-9,15,17,19H,10-13,21H2. The number of hydrogen-bond donors (Lipinski definition) is 1. The minimum absolute atomic E-state index is 0.293. The fourth-order valence-corrected chi connectivity index (χ4v) is 3.71. The molecule has 3 unspecified atom stereocenters. The van der Waals surface area contributed by atoms with Gasteiger partial charge in [0.15, 0.2) is 0 Å². The van der Waals surface area contributed by atoms with E-state index in [1.807, 2.05) is 12.1 Å². The minimum Gasteiger partial charge on any atom is -0.327 e. The van der Waals surface area contributed by atoms with E-state index in [0.717, 1.165) is 24.3 Å².